The number of carbonyl (C=O) groups is 1. The van der Waals surface area contributed by atoms with Crippen molar-refractivity contribution in [1.29, 1.82) is 0 Å². The molecule has 2 atom stereocenters. The SMILES string of the molecule is CC(C)(C)OC(=O)N1C([C@@H](O)c2ccccc2F)CC1(C)C. The molecular formula is C17H24FNO3. The second-order valence-electron chi connectivity index (χ2n) is 7.40. The third-order valence-electron chi connectivity index (χ3n) is 3.87. The zero-order valence-electron chi connectivity index (χ0n) is 13.8. The standard InChI is InChI=1S/C17H24FNO3/c1-16(2,3)22-15(21)19-13(10-17(19,4)5)14(20)11-8-6-7-9-12(11)18/h6-9,13-14,20H,10H2,1-5H3/t13?,14-/m0/s1. The van der Waals surface area contributed by atoms with E-state index in [1.54, 1.807) is 39.0 Å². The average Bonchev–Trinajstić information content (AvgIpc) is 2.33. The fraction of sp³-hybridized carbons (Fsp3) is 0.588. The van der Waals surface area contributed by atoms with Gasteiger partial charge in [-0.2, -0.15) is 0 Å². The second kappa shape index (κ2) is 5.54. The maximum atomic E-state index is 13.9. The van der Waals surface area contributed by atoms with Gasteiger partial charge in [-0.15, -0.1) is 0 Å². The molecule has 0 saturated carbocycles. The van der Waals surface area contributed by atoms with Crippen molar-refractivity contribution in [3.8, 4) is 0 Å². The Hall–Kier alpha value is -1.62. The van der Waals surface area contributed by atoms with E-state index < -0.39 is 35.2 Å². The molecule has 0 aliphatic carbocycles. The van der Waals surface area contributed by atoms with E-state index in [0.717, 1.165) is 0 Å². The van der Waals surface area contributed by atoms with Crippen LogP contribution in [-0.4, -0.2) is 33.3 Å². The van der Waals surface area contributed by atoms with Gasteiger partial charge < -0.3 is 9.84 Å². The van der Waals surface area contributed by atoms with E-state index in [4.69, 9.17) is 4.74 Å². The number of amides is 1. The van der Waals surface area contributed by atoms with Crippen molar-refractivity contribution >= 4 is 6.09 Å². The lowest BCUT2D eigenvalue weighted by atomic mass is 9.77. The van der Waals surface area contributed by atoms with Gasteiger partial charge in [-0.1, -0.05) is 18.2 Å². The molecule has 22 heavy (non-hydrogen) atoms. The summed E-state index contributed by atoms with van der Waals surface area (Å²) >= 11 is 0. The molecule has 1 amide bonds. The Balaban J connectivity index is 2.21. The Morgan fingerprint density at radius 2 is 2.00 bits per heavy atom. The van der Waals surface area contributed by atoms with Crippen LogP contribution in [0, 0.1) is 5.82 Å². The first-order valence-corrected chi connectivity index (χ1v) is 7.48. The molecule has 0 radical (unpaired) electrons. The van der Waals surface area contributed by atoms with Crippen molar-refractivity contribution < 1.29 is 19.0 Å². The van der Waals surface area contributed by atoms with Crippen LogP contribution in [0.15, 0.2) is 24.3 Å². The molecule has 1 N–H and O–H groups in total. The van der Waals surface area contributed by atoms with Crippen LogP contribution in [0.1, 0.15) is 52.7 Å². The highest BCUT2D eigenvalue weighted by atomic mass is 19.1. The fourth-order valence-electron chi connectivity index (χ4n) is 2.91. The van der Waals surface area contributed by atoms with Gasteiger partial charge in [0, 0.05) is 11.1 Å². The molecule has 1 heterocycles. The molecule has 0 spiro atoms. The number of hydrogen-bond acceptors (Lipinski definition) is 3. The van der Waals surface area contributed by atoms with E-state index >= 15 is 0 Å². The van der Waals surface area contributed by atoms with Gasteiger partial charge in [-0.05, 0) is 47.1 Å². The van der Waals surface area contributed by atoms with Gasteiger partial charge in [0.15, 0.2) is 0 Å². The molecule has 1 fully saturated rings. The zero-order chi connectivity index (χ0) is 16.7. The fourth-order valence-corrected chi connectivity index (χ4v) is 2.91. The summed E-state index contributed by atoms with van der Waals surface area (Å²) < 4.78 is 19.3. The number of likely N-dealkylation sites (tertiary alicyclic amines) is 1. The van der Waals surface area contributed by atoms with Crippen LogP contribution in [0.2, 0.25) is 0 Å². The maximum Gasteiger partial charge on any atom is 0.411 e. The molecule has 1 aliphatic rings. The maximum absolute atomic E-state index is 13.9. The molecule has 1 saturated heterocycles. The molecule has 0 bridgehead atoms. The van der Waals surface area contributed by atoms with E-state index in [1.165, 1.54) is 11.0 Å². The minimum Gasteiger partial charge on any atom is -0.444 e. The molecule has 1 unspecified atom stereocenters. The van der Waals surface area contributed by atoms with Gasteiger partial charge in [0.25, 0.3) is 0 Å². The van der Waals surface area contributed by atoms with Crippen LogP contribution in [-0.2, 0) is 4.74 Å². The van der Waals surface area contributed by atoms with Crippen LogP contribution in [0.3, 0.4) is 0 Å². The molecular weight excluding hydrogens is 285 g/mol. The van der Waals surface area contributed by atoms with E-state index in [2.05, 4.69) is 0 Å². The van der Waals surface area contributed by atoms with Crippen molar-refractivity contribution in [3.63, 3.8) is 0 Å². The lowest BCUT2D eigenvalue weighted by Crippen LogP contribution is -2.67. The van der Waals surface area contributed by atoms with Gasteiger partial charge in [0.2, 0.25) is 0 Å². The Morgan fingerprint density at radius 1 is 1.41 bits per heavy atom. The Morgan fingerprint density at radius 3 is 2.50 bits per heavy atom. The van der Waals surface area contributed by atoms with Gasteiger partial charge in [0.1, 0.15) is 17.5 Å². The Bertz CT molecular complexity index is 565. The number of nitrogens with zero attached hydrogens (tertiary/aromatic N) is 1. The summed E-state index contributed by atoms with van der Waals surface area (Å²) in [5.41, 5.74) is -0.827. The first-order valence-electron chi connectivity index (χ1n) is 7.48. The first kappa shape index (κ1) is 16.7. The summed E-state index contributed by atoms with van der Waals surface area (Å²) in [4.78, 5) is 13.9. The minimum absolute atomic E-state index is 0.205. The third kappa shape index (κ3) is 3.24. The summed E-state index contributed by atoms with van der Waals surface area (Å²) in [7, 11) is 0. The number of aliphatic hydroxyl groups is 1. The molecule has 1 aromatic carbocycles. The normalized spacial score (nSPS) is 22.0. The minimum atomic E-state index is -1.07. The number of rotatable bonds is 2. The van der Waals surface area contributed by atoms with Gasteiger partial charge in [-0.3, -0.25) is 4.90 Å². The first-order chi connectivity index (χ1) is 10.0. The van der Waals surface area contributed by atoms with Gasteiger partial charge in [0.05, 0.1) is 6.04 Å². The Labute approximate surface area is 130 Å². The molecule has 5 heteroatoms. The van der Waals surface area contributed by atoms with E-state index in [0.29, 0.717) is 6.42 Å². The topological polar surface area (TPSA) is 49.8 Å². The quantitative estimate of drug-likeness (QED) is 0.907. The van der Waals surface area contributed by atoms with Crippen molar-refractivity contribution in [3.05, 3.63) is 35.6 Å². The summed E-state index contributed by atoms with van der Waals surface area (Å²) in [5.74, 6) is -0.469. The summed E-state index contributed by atoms with van der Waals surface area (Å²) in [6.07, 6.45) is -0.965. The smallest absolute Gasteiger partial charge is 0.411 e. The van der Waals surface area contributed by atoms with Crippen molar-refractivity contribution in [2.24, 2.45) is 0 Å². The third-order valence-corrected chi connectivity index (χ3v) is 3.87. The predicted molar refractivity (Wildman–Crippen MR) is 81.9 cm³/mol. The predicted octanol–water partition coefficient (Wildman–Crippen LogP) is 3.65. The van der Waals surface area contributed by atoms with E-state index in [9.17, 15) is 14.3 Å². The van der Waals surface area contributed by atoms with Crippen LogP contribution >= 0.6 is 0 Å². The van der Waals surface area contributed by atoms with Gasteiger partial charge >= 0.3 is 6.09 Å². The monoisotopic (exact) mass is 309 g/mol. The number of ether oxygens (including phenoxy) is 1. The summed E-state index contributed by atoms with van der Waals surface area (Å²) in [6, 6.07) is 5.60. The van der Waals surface area contributed by atoms with E-state index in [-0.39, 0.29) is 5.56 Å². The van der Waals surface area contributed by atoms with Crippen LogP contribution in [0.4, 0.5) is 9.18 Å². The van der Waals surface area contributed by atoms with Crippen molar-refractivity contribution in [2.45, 2.75) is 64.3 Å². The molecule has 2 rings (SSSR count). The van der Waals surface area contributed by atoms with E-state index in [1.807, 2.05) is 13.8 Å². The molecule has 1 aliphatic heterocycles. The average molecular weight is 309 g/mol. The highest BCUT2D eigenvalue weighted by molar-refractivity contribution is 5.71. The molecule has 0 aromatic heterocycles. The highest BCUT2D eigenvalue weighted by Gasteiger charge is 2.52. The Kier molecular flexibility index (Phi) is 4.22. The molecule has 4 nitrogen and oxygen atoms in total. The second-order valence-corrected chi connectivity index (χ2v) is 7.40. The highest BCUT2D eigenvalue weighted by Crippen LogP contribution is 2.43. The lowest BCUT2D eigenvalue weighted by Gasteiger charge is -2.56. The number of aliphatic hydroxyl groups excluding tert-OH is 1. The zero-order valence-corrected chi connectivity index (χ0v) is 13.8. The molecule has 1 aromatic rings. The van der Waals surface area contributed by atoms with Crippen LogP contribution in [0.25, 0.3) is 0 Å². The number of benzene rings is 1. The molecule has 122 valence electrons. The lowest BCUT2D eigenvalue weighted by molar-refractivity contribution is -0.105. The van der Waals surface area contributed by atoms with Gasteiger partial charge in [-0.25, -0.2) is 9.18 Å². The summed E-state index contributed by atoms with van der Waals surface area (Å²) in [6.45, 7) is 9.18. The number of hydrogen-bond donors (Lipinski definition) is 1. The van der Waals surface area contributed by atoms with Crippen LogP contribution in [0.5, 0.6) is 0 Å². The van der Waals surface area contributed by atoms with Crippen molar-refractivity contribution in [1.82, 2.24) is 4.90 Å². The number of carbonyl (C=O) groups excluding carboxylic acids is 1. The van der Waals surface area contributed by atoms with Crippen LogP contribution < -0.4 is 0 Å². The number of halogens is 1. The largest absolute Gasteiger partial charge is 0.444 e. The summed E-state index contributed by atoms with van der Waals surface area (Å²) in [5, 5.41) is 10.5. The van der Waals surface area contributed by atoms with Crippen molar-refractivity contribution in [2.75, 3.05) is 0 Å².